The van der Waals surface area contributed by atoms with Crippen molar-refractivity contribution >= 4 is 27.4 Å². The summed E-state index contributed by atoms with van der Waals surface area (Å²) < 4.78 is 23.1. The second-order valence-corrected chi connectivity index (χ2v) is 5.33. The summed E-state index contributed by atoms with van der Waals surface area (Å²) in [5.41, 5.74) is -0.0503. The average Bonchev–Trinajstić information content (AvgIpc) is 2.18. The number of carboxylic acids is 1. The Labute approximate surface area is 92.4 Å². The van der Waals surface area contributed by atoms with Gasteiger partial charge in [-0.2, -0.15) is 0 Å². The molecule has 0 fully saturated rings. The van der Waals surface area contributed by atoms with Crippen molar-refractivity contribution in [3.8, 4) is 0 Å². The highest BCUT2D eigenvalue weighted by Crippen LogP contribution is 2.13. The highest BCUT2D eigenvalue weighted by atomic mass is 35.5. The number of alkyl halides is 1. The summed E-state index contributed by atoms with van der Waals surface area (Å²) in [5, 5.41) is 8.68. The van der Waals surface area contributed by atoms with Crippen molar-refractivity contribution in [2.45, 2.75) is 4.90 Å². The third-order valence-corrected chi connectivity index (χ3v) is 3.91. The Morgan fingerprint density at radius 2 is 2.07 bits per heavy atom. The summed E-state index contributed by atoms with van der Waals surface area (Å²) in [5.74, 6) is -1.37. The first-order valence-electron chi connectivity index (χ1n) is 4.09. The quantitative estimate of drug-likeness (QED) is 0.818. The van der Waals surface area contributed by atoms with Crippen molar-refractivity contribution in [1.29, 1.82) is 0 Å². The first kappa shape index (κ1) is 12.0. The second kappa shape index (κ2) is 4.63. The Kier molecular flexibility index (Phi) is 3.71. The monoisotopic (exact) mass is 248 g/mol. The van der Waals surface area contributed by atoms with Gasteiger partial charge in [-0.25, -0.2) is 13.2 Å². The Hall–Kier alpha value is -1.07. The highest BCUT2D eigenvalue weighted by molar-refractivity contribution is 7.91. The van der Waals surface area contributed by atoms with Gasteiger partial charge in [0.15, 0.2) is 9.84 Å². The molecule has 0 bridgehead atoms. The molecule has 15 heavy (non-hydrogen) atoms. The lowest BCUT2D eigenvalue weighted by atomic mass is 10.2. The zero-order valence-electron chi connectivity index (χ0n) is 7.68. The average molecular weight is 249 g/mol. The van der Waals surface area contributed by atoms with Gasteiger partial charge in [0.05, 0.1) is 16.2 Å². The fourth-order valence-corrected chi connectivity index (χ4v) is 2.68. The standard InChI is InChI=1S/C9H9ClO4S/c10-4-5-15(13,14)8-3-1-2-7(6-8)9(11)12/h1-3,6H,4-5H2,(H,11,12). The lowest BCUT2D eigenvalue weighted by Gasteiger charge is -2.02. The number of halogens is 1. The summed E-state index contributed by atoms with van der Waals surface area (Å²) in [4.78, 5) is 10.6. The van der Waals surface area contributed by atoms with Gasteiger partial charge < -0.3 is 5.11 Å². The molecule has 0 saturated heterocycles. The van der Waals surface area contributed by atoms with Crippen molar-refractivity contribution < 1.29 is 18.3 Å². The first-order chi connectivity index (χ1) is 6.97. The molecule has 4 nitrogen and oxygen atoms in total. The lowest BCUT2D eigenvalue weighted by Crippen LogP contribution is -2.09. The molecular formula is C9H9ClO4S. The number of benzene rings is 1. The predicted molar refractivity (Wildman–Crippen MR) is 56.2 cm³/mol. The molecular weight excluding hydrogens is 240 g/mol. The molecule has 0 saturated carbocycles. The third kappa shape index (κ3) is 2.94. The maximum Gasteiger partial charge on any atom is 0.335 e. The molecule has 0 aliphatic rings. The molecule has 82 valence electrons. The van der Waals surface area contributed by atoms with Crippen LogP contribution in [0.3, 0.4) is 0 Å². The fraction of sp³-hybridized carbons (Fsp3) is 0.222. The van der Waals surface area contributed by atoms with Gasteiger partial charge in [-0.1, -0.05) is 6.07 Å². The molecule has 0 aromatic heterocycles. The summed E-state index contributed by atoms with van der Waals surface area (Å²) in [6.07, 6.45) is 0. The van der Waals surface area contributed by atoms with Gasteiger partial charge in [-0.3, -0.25) is 0 Å². The van der Waals surface area contributed by atoms with Crippen LogP contribution in [0, 0.1) is 0 Å². The van der Waals surface area contributed by atoms with Crippen molar-refractivity contribution in [2.24, 2.45) is 0 Å². The molecule has 0 atom stereocenters. The highest BCUT2D eigenvalue weighted by Gasteiger charge is 2.15. The van der Waals surface area contributed by atoms with E-state index >= 15 is 0 Å². The van der Waals surface area contributed by atoms with E-state index in [1.54, 1.807) is 0 Å². The van der Waals surface area contributed by atoms with Crippen LogP contribution in [0.5, 0.6) is 0 Å². The molecule has 0 unspecified atom stereocenters. The number of sulfone groups is 1. The molecule has 0 aliphatic heterocycles. The van der Waals surface area contributed by atoms with E-state index in [9.17, 15) is 13.2 Å². The number of rotatable bonds is 4. The van der Waals surface area contributed by atoms with E-state index in [4.69, 9.17) is 16.7 Å². The van der Waals surface area contributed by atoms with E-state index in [1.165, 1.54) is 18.2 Å². The van der Waals surface area contributed by atoms with Crippen LogP contribution in [0.1, 0.15) is 10.4 Å². The Morgan fingerprint density at radius 1 is 1.40 bits per heavy atom. The van der Waals surface area contributed by atoms with E-state index in [0.717, 1.165) is 6.07 Å². The molecule has 6 heteroatoms. The molecule has 0 amide bonds. The van der Waals surface area contributed by atoms with Gasteiger partial charge in [0.25, 0.3) is 0 Å². The summed E-state index contributed by atoms with van der Waals surface area (Å²) in [6.45, 7) is 0. The van der Waals surface area contributed by atoms with Crippen LogP contribution in [0.25, 0.3) is 0 Å². The van der Waals surface area contributed by atoms with E-state index < -0.39 is 15.8 Å². The van der Waals surface area contributed by atoms with Gasteiger partial charge in [-0.15, -0.1) is 11.6 Å². The molecule has 1 aromatic carbocycles. The molecule has 0 radical (unpaired) electrons. The molecule has 0 aliphatic carbocycles. The van der Waals surface area contributed by atoms with Crippen LogP contribution in [0.2, 0.25) is 0 Å². The minimum atomic E-state index is -3.46. The minimum absolute atomic E-state index is 0.0111. The van der Waals surface area contributed by atoms with Crippen LogP contribution in [0.15, 0.2) is 29.2 Å². The minimum Gasteiger partial charge on any atom is -0.478 e. The van der Waals surface area contributed by atoms with Crippen LogP contribution in [0.4, 0.5) is 0 Å². The maximum absolute atomic E-state index is 11.5. The van der Waals surface area contributed by atoms with E-state index in [0.29, 0.717) is 0 Å². The molecule has 0 spiro atoms. The van der Waals surface area contributed by atoms with Crippen LogP contribution < -0.4 is 0 Å². The van der Waals surface area contributed by atoms with E-state index in [-0.39, 0.29) is 22.1 Å². The number of hydrogen-bond donors (Lipinski definition) is 1. The Morgan fingerprint density at radius 3 is 2.60 bits per heavy atom. The molecule has 0 heterocycles. The second-order valence-electron chi connectivity index (χ2n) is 2.84. The van der Waals surface area contributed by atoms with Gasteiger partial charge in [0, 0.05) is 5.88 Å². The van der Waals surface area contributed by atoms with Crippen LogP contribution in [-0.2, 0) is 9.84 Å². The van der Waals surface area contributed by atoms with Crippen LogP contribution >= 0.6 is 11.6 Å². The van der Waals surface area contributed by atoms with Crippen molar-refractivity contribution in [3.63, 3.8) is 0 Å². The lowest BCUT2D eigenvalue weighted by molar-refractivity contribution is 0.0696. The van der Waals surface area contributed by atoms with Crippen molar-refractivity contribution in [3.05, 3.63) is 29.8 Å². The summed E-state index contributed by atoms with van der Waals surface area (Å²) in [7, 11) is -3.46. The van der Waals surface area contributed by atoms with Gasteiger partial charge in [0.1, 0.15) is 0 Å². The smallest absolute Gasteiger partial charge is 0.335 e. The number of carbonyl (C=O) groups is 1. The number of hydrogen-bond acceptors (Lipinski definition) is 3. The zero-order valence-corrected chi connectivity index (χ0v) is 9.25. The van der Waals surface area contributed by atoms with Gasteiger partial charge in [-0.05, 0) is 18.2 Å². The zero-order chi connectivity index (χ0) is 11.5. The third-order valence-electron chi connectivity index (χ3n) is 1.79. The predicted octanol–water partition coefficient (Wildman–Crippen LogP) is 1.40. The summed E-state index contributed by atoms with van der Waals surface area (Å²) in [6, 6.07) is 5.21. The molecule has 1 N–H and O–H groups in total. The summed E-state index contributed by atoms with van der Waals surface area (Å²) >= 11 is 5.34. The van der Waals surface area contributed by atoms with Crippen molar-refractivity contribution in [2.75, 3.05) is 11.6 Å². The van der Waals surface area contributed by atoms with Crippen LogP contribution in [-0.4, -0.2) is 31.1 Å². The number of aromatic carboxylic acids is 1. The normalized spacial score (nSPS) is 11.3. The molecule has 1 aromatic rings. The van der Waals surface area contributed by atoms with E-state index in [1.807, 2.05) is 0 Å². The Bertz CT molecular complexity index is 467. The van der Waals surface area contributed by atoms with Crippen molar-refractivity contribution in [1.82, 2.24) is 0 Å². The van der Waals surface area contributed by atoms with Gasteiger partial charge in [0.2, 0.25) is 0 Å². The maximum atomic E-state index is 11.5. The Balaban J connectivity index is 3.16. The fourth-order valence-electron chi connectivity index (χ4n) is 1.04. The largest absolute Gasteiger partial charge is 0.478 e. The topological polar surface area (TPSA) is 71.4 Å². The molecule has 1 rings (SSSR count). The first-order valence-corrected chi connectivity index (χ1v) is 6.28. The van der Waals surface area contributed by atoms with Gasteiger partial charge >= 0.3 is 5.97 Å². The van der Waals surface area contributed by atoms with E-state index in [2.05, 4.69) is 0 Å². The SMILES string of the molecule is O=C(O)c1cccc(S(=O)(=O)CCCl)c1. The number of carboxylic acid groups (broad SMARTS) is 1.